The molecule has 1 aromatic heterocycles. The van der Waals surface area contributed by atoms with Crippen LogP contribution in [0.1, 0.15) is 45.1 Å². The number of hydrogen-bond acceptors (Lipinski definition) is 12. The number of non-ortho nitro benzene ring substituents is 1. The molecule has 48 heavy (non-hydrogen) atoms. The number of fused-ring (bicyclic) bond motifs is 1. The zero-order valence-electron chi connectivity index (χ0n) is 27.2. The van der Waals surface area contributed by atoms with Gasteiger partial charge in [0, 0.05) is 47.0 Å². The maximum Gasteiger partial charge on any atom is 0.337 e. The average Bonchev–Trinajstić information content (AvgIpc) is 3.55. The Morgan fingerprint density at radius 1 is 1.10 bits per heavy atom. The molecule has 0 spiro atoms. The van der Waals surface area contributed by atoms with Crippen LogP contribution in [-0.4, -0.2) is 72.6 Å². The number of methoxy groups -OCH3 is 1. The molecule has 1 aliphatic rings. The number of benzene rings is 2. The number of allylic oxidation sites excluding steroid dienone is 2. The van der Waals surface area contributed by atoms with Crippen LogP contribution < -0.4 is 20.1 Å². The Hall–Kier alpha value is -5.39. The molecule has 254 valence electrons. The molecule has 2 heterocycles. The van der Waals surface area contributed by atoms with Crippen molar-refractivity contribution in [2.45, 2.75) is 51.7 Å². The summed E-state index contributed by atoms with van der Waals surface area (Å²) in [6.07, 6.45) is 1.83. The summed E-state index contributed by atoms with van der Waals surface area (Å²) in [5.41, 5.74) is 0.644. The number of H-pyrrole nitrogens is 1. The Kier molecular flexibility index (Phi) is 12.1. The number of rotatable bonds is 16. The summed E-state index contributed by atoms with van der Waals surface area (Å²) >= 11 is 0. The Morgan fingerprint density at radius 2 is 1.90 bits per heavy atom. The highest BCUT2D eigenvalue weighted by atomic mass is 16.6. The van der Waals surface area contributed by atoms with Crippen LogP contribution in [0.25, 0.3) is 10.9 Å². The molecule has 3 aromatic rings. The molecule has 14 nitrogen and oxygen atoms in total. The van der Waals surface area contributed by atoms with Gasteiger partial charge in [-0.25, -0.2) is 9.59 Å². The van der Waals surface area contributed by atoms with E-state index in [9.17, 15) is 30.1 Å². The van der Waals surface area contributed by atoms with Gasteiger partial charge in [-0.2, -0.15) is 5.26 Å². The second kappa shape index (κ2) is 16.4. The monoisotopic (exact) mass is 661 g/mol. The SMILES string of the molecule is COC(=O)C1=C(C#N)NC(C)=C(C(=O)OC(C)C)C1c1cc([N+](=O)[O-])ccc1OCCCCNCC(O)COc1cccc2[nH]ccc12. The number of dihydropyridines is 1. The number of aliphatic hydroxyl groups excluding tert-OH is 1. The largest absolute Gasteiger partial charge is 0.493 e. The molecule has 4 N–H and O–H groups in total. The minimum absolute atomic E-state index is 0.00929. The third-order valence-corrected chi connectivity index (χ3v) is 7.53. The fraction of sp³-hybridized carbons (Fsp3) is 0.382. The number of nitro benzene ring substituents is 1. The number of ether oxygens (including phenoxy) is 4. The van der Waals surface area contributed by atoms with Gasteiger partial charge < -0.3 is 39.7 Å². The van der Waals surface area contributed by atoms with Gasteiger partial charge in [-0.05, 0) is 64.4 Å². The molecule has 4 rings (SSSR count). The highest BCUT2D eigenvalue weighted by Crippen LogP contribution is 2.44. The summed E-state index contributed by atoms with van der Waals surface area (Å²) in [6.45, 7) is 6.07. The van der Waals surface area contributed by atoms with E-state index in [0.717, 1.165) is 18.0 Å². The second-order valence-electron chi connectivity index (χ2n) is 11.3. The normalized spacial score (nSPS) is 15.1. The van der Waals surface area contributed by atoms with Gasteiger partial charge in [0.05, 0.1) is 41.8 Å². The van der Waals surface area contributed by atoms with Crippen LogP contribution in [0.2, 0.25) is 0 Å². The van der Waals surface area contributed by atoms with E-state index >= 15 is 0 Å². The van der Waals surface area contributed by atoms with Crippen LogP contribution in [0.15, 0.2) is 71.2 Å². The van der Waals surface area contributed by atoms with E-state index in [-0.39, 0.29) is 52.8 Å². The molecule has 1 aliphatic heterocycles. The smallest absolute Gasteiger partial charge is 0.337 e. The van der Waals surface area contributed by atoms with E-state index in [1.807, 2.05) is 36.5 Å². The third-order valence-electron chi connectivity index (χ3n) is 7.53. The minimum Gasteiger partial charge on any atom is -0.493 e. The summed E-state index contributed by atoms with van der Waals surface area (Å²) in [6, 6.07) is 13.4. The van der Waals surface area contributed by atoms with Crippen LogP contribution in [0.3, 0.4) is 0 Å². The molecule has 2 aromatic carbocycles. The summed E-state index contributed by atoms with van der Waals surface area (Å²) in [7, 11) is 1.13. The number of nitrogens with zero attached hydrogens (tertiary/aromatic N) is 2. The van der Waals surface area contributed by atoms with E-state index in [1.54, 1.807) is 20.8 Å². The Bertz CT molecular complexity index is 1750. The first-order chi connectivity index (χ1) is 23.0. The number of nitriles is 1. The lowest BCUT2D eigenvalue weighted by Gasteiger charge is -2.30. The average molecular weight is 662 g/mol. The summed E-state index contributed by atoms with van der Waals surface area (Å²) in [4.78, 5) is 40.7. The van der Waals surface area contributed by atoms with Gasteiger partial charge in [0.1, 0.15) is 36.0 Å². The second-order valence-corrected chi connectivity index (χ2v) is 11.3. The van der Waals surface area contributed by atoms with Crippen LogP contribution in [0.4, 0.5) is 5.69 Å². The van der Waals surface area contributed by atoms with Gasteiger partial charge in [-0.3, -0.25) is 10.1 Å². The lowest BCUT2D eigenvalue weighted by atomic mass is 9.79. The van der Waals surface area contributed by atoms with Crippen LogP contribution in [0, 0.1) is 21.4 Å². The zero-order valence-corrected chi connectivity index (χ0v) is 27.2. The number of esters is 2. The van der Waals surface area contributed by atoms with Crippen molar-refractivity contribution in [2.75, 3.05) is 33.4 Å². The van der Waals surface area contributed by atoms with E-state index < -0.39 is 35.0 Å². The minimum atomic E-state index is -1.26. The van der Waals surface area contributed by atoms with E-state index in [4.69, 9.17) is 18.9 Å². The van der Waals surface area contributed by atoms with Crippen LogP contribution in [0.5, 0.6) is 11.5 Å². The zero-order chi connectivity index (χ0) is 34.8. The van der Waals surface area contributed by atoms with Crippen molar-refractivity contribution < 1.29 is 38.6 Å². The fourth-order valence-corrected chi connectivity index (χ4v) is 5.34. The number of carbonyl (C=O) groups is 2. The Morgan fingerprint density at radius 3 is 2.60 bits per heavy atom. The van der Waals surface area contributed by atoms with Gasteiger partial charge in [0.2, 0.25) is 0 Å². The fourth-order valence-electron chi connectivity index (χ4n) is 5.34. The molecular weight excluding hydrogens is 622 g/mol. The topological polar surface area (TPSA) is 198 Å². The van der Waals surface area contributed by atoms with Crippen molar-refractivity contribution in [2.24, 2.45) is 0 Å². The molecule has 2 unspecified atom stereocenters. The summed E-state index contributed by atoms with van der Waals surface area (Å²) < 4.78 is 22.3. The lowest BCUT2D eigenvalue weighted by Crippen LogP contribution is -2.33. The maximum atomic E-state index is 13.4. The van der Waals surface area contributed by atoms with Gasteiger partial charge in [-0.15, -0.1) is 0 Å². The first-order valence-corrected chi connectivity index (χ1v) is 15.5. The van der Waals surface area contributed by atoms with Gasteiger partial charge in [-0.1, -0.05) is 6.07 Å². The molecule has 0 saturated heterocycles. The number of carbonyl (C=O) groups excluding carboxylic acids is 2. The molecule has 0 saturated carbocycles. The molecule has 0 radical (unpaired) electrons. The number of unbranched alkanes of at least 4 members (excludes halogenated alkanes) is 1. The van der Waals surface area contributed by atoms with Crippen molar-refractivity contribution in [3.63, 3.8) is 0 Å². The highest BCUT2D eigenvalue weighted by Gasteiger charge is 2.41. The van der Waals surface area contributed by atoms with E-state index in [2.05, 4.69) is 15.6 Å². The van der Waals surface area contributed by atoms with Crippen molar-refractivity contribution in [1.29, 1.82) is 5.26 Å². The standard InChI is InChI=1S/C34H39N5O9/c1-20(2)48-34(42)30-21(3)38-27(17-35)32(33(41)45-4)31(30)25-16-22(39(43)44)10-11-29(25)46-15-6-5-13-36-18-23(40)19-47-28-9-7-8-26-24(28)12-14-37-26/h7-12,14,16,20,23,31,36-38,40H,5-6,13,15,18-19H2,1-4H3. The van der Waals surface area contributed by atoms with Gasteiger partial charge >= 0.3 is 11.9 Å². The molecule has 0 bridgehead atoms. The number of aromatic amines is 1. The lowest BCUT2D eigenvalue weighted by molar-refractivity contribution is -0.384. The molecular formula is C34H39N5O9. The number of aromatic nitrogens is 1. The van der Waals surface area contributed by atoms with E-state index in [1.165, 1.54) is 18.2 Å². The number of nitro groups is 1. The first kappa shape index (κ1) is 35.5. The van der Waals surface area contributed by atoms with Crippen molar-refractivity contribution in [3.05, 3.63) is 86.9 Å². The number of hydrogen-bond donors (Lipinski definition) is 4. The van der Waals surface area contributed by atoms with Gasteiger partial charge in [0.15, 0.2) is 0 Å². The predicted octanol–water partition coefficient (Wildman–Crippen LogP) is 4.13. The van der Waals surface area contributed by atoms with Crippen LogP contribution in [-0.2, 0) is 19.1 Å². The highest BCUT2D eigenvalue weighted by molar-refractivity contribution is 6.00. The summed E-state index contributed by atoms with van der Waals surface area (Å²) in [5.74, 6) is -2.05. The quantitative estimate of drug-likeness (QED) is 0.0742. The molecule has 2 atom stereocenters. The number of nitrogens with one attached hydrogen (secondary N) is 3. The van der Waals surface area contributed by atoms with Gasteiger partial charge in [0.25, 0.3) is 5.69 Å². The summed E-state index contributed by atoms with van der Waals surface area (Å²) in [5, 5.41) is 39.0. The molecule has 0 fully saturated rings. The Labute approximate surface area is 277 Å². The van der Waals surface area contributed by atoms with Crippen LogP contribution >= 0.6 is 0 Å². The van der Waals surface area contributed by atoms with E-state index in [0.29, 0.717) is 31.7 Å². The molecule has 0 amide bonds. The third kappa shape index (κ3) is 8.49. The predicted molar refractivity (Wildman–Crippen MR) is 175 cm³/mol. The van der Waals surface area contributed by atoms with Crippen molar-refractivity contribution in [1.82, 2.24) is 15.6 Å². The Balaban J connectivity index is 1.43. The first-order valence-electron chi connectivity index (χ1n) is 15.5. The molecule has 14 heteroatoms. The molecule has 0 aliphatic carbocycles. The number of aliphatic hydroxyl groups is 1. The van der Waals surface area contributed by atoms with Crippen molar-refractivity contribution in [3.8, 4) is 17.6 Å². The maximum absolute atomic E-state index is 13.4. The van der Waals surface area contributed by atoms with Crippen molar-refractivity contribution >= 4 is 28.5 Å².